The van der Waals surface area contributed by atoms with E-state index in [1.807, 2.05) is 6.08 Å². The first-order chi connectivity index (χ1) is 19.1. The Bertz CT molecular complexity index is 1830. The predicted octanol–water partition coefficient (Wildman–Crippen LogP) is 8.24. The van der Waals surface area contributed by atoms with Crippen molar-refractivity contribution < 1.29 is 9.90 Å². The summed E-state index contributed by atoms with van der Waals surface area (Å²) in [5.41, 5.74) is 17.0. The molecular formula is C34H36N4O2. The van der Waals surface area contributed by atoms with Gasteiger partial charge in [0.25, 0.3) is 0 Å². The molecule has 6 nitrogen and oxygen atoms in total. The fourth-order valence-electron chi connectivity index (χ4n) is 6.85. The van der Waals surface area contributed by atoms with E-state index >= 15 is 0 Å². The molecule has 204 valence electrons. The van der Waals surface area contributed by atoms with Gasteiger partial charge in [-0.15, -0.1) is 0 Å². The Balaban J connectivity index is 1.77. The average molecular weight is 533 g/mol. The second-order valence-electron chi connectivity index (χ2n) is 11.4. The highest BCUT2D eigenvalue weighted by atomic mass is 16.4. The molecule has 2 aliphatic heterocycles. The highest BCUT2D eigenvalue weighted by Crippen LogP contribution is 2.46. The van der Waals surface area contributed by atoms with Crippen molar-refractivity contribution in [3.05, 3.63) is 81.9 Å². The minimum absolute atomic E-state index is 0.0104. The molecule has 40 heavy (non-hydrogen) atoms. The minimum Gasteiger partial charge on any atom is -0.481 e. The Morgan fingerprint density at radius 1 is 1.07 bits per heavy atom. The zero-order chi connectivity index (χ0) is 28.5. The molecule has 3 aromatic heterocycles. The van der Waals surface area contributed by atoms with Gasteiger partial charge in [0.1, 0.15) is 0 Å². The molecule has 8 bridgehead atoms. The molecule has 3 aromatic rings. The molecule has 3 aliphatic rings. The quantitative estimate of drug-likeness (QED) is 0.308. The van der Waals surface area contributed by atoms with E-state index in [-0.39, 0.29) is 18.3 Å². The maximum atomic E-state index is 11.6. The van der Waals surface area contributed by atoms with E-state index in [2.05, 4.69) is 75.9 Å². The van der Waals surface area contributed by atoms with E-state index < -0.39 is 5.97 Å². The fraction of sp³-hybridized carbons (Fsp3) is 0.324. The number of aromatic amines is 2. The maximum absolute atomic E-state index is 11.6. The number of rotatable bonds is 5. The van der Waals surface area contributed by atoms with Gasteiger partial charge in [-0.3, -0.25) is 9.78 Å². The van der Waals surface area contributed by atoms with Crippen molar-refractivity contribution in [2.75, 3.05) is 0 Å². The Labute approximate surface area is 234 Å². The highest BCUT2D eigenvalue weighted by Gasteiger charge is 2.34. The third kappa shape index (κ3) is 3.88. The number of allylic oxidation sites excluding steroid dienone is 3. The number of carboxylic acids is 1. The molecule has 3 N–H and O–H groups in total. The number of aliphatic carboxylic acids is 1. The molecule has 0 amide bonds. The van der Waals surface area contributed by atoms with E-state index in [0.29, 0.717) is 12.8 Å². The first kappa shape index (κ1) is 26.1. The third-order valence-corrected chi connectivity index (χ3v) is 9.15. The average Bonchev–Trinajstić information content (AvgIpc) is 3.65. The summed E-state index contributed by atoms with van der Waals surface area (Å²) < 4.78 is 0. The standard InChI is InChI=1S/C34H36N4O2/c1-8-21-17(4)25-13-27-19(6)23(10-11-31(39)40)33(37-27)24-12-16(3)32-20(7)28(38-34(24)32)15-30-22(9-2)18(5)26(36-30)14-29(21)35-25/h8,13-15,19,23,35,38H,1,3,9-12H2,2,4-7H3,(H,39,40)/t19-,23-/m0/s1. The van der Waals surface area contributed by atoms with Gasteiger partial charge in [-0.1, -0.05) is 33.1 Å². The van der Waals surface area contributed by atoms with Crippen molar-refractivity contribution in [2.45, 2.75) is 72.1 Å². The summed E-state index contributed by atoms with van der Waals surface area (Å²) in [6.07, 6.45) is 4.14. The van der Waals surface area contributed by atoms with Crippen LogP contribution >= 0.6 is 0 Å². The largest absolute Gasteiger partial charge is 0.481 e. The summed E-state index contributed by atoms with van der Waals surface area (Å²) in [7, 11) is 0. The van der Waals surface area contributed by atoms with Gasteiger partial charge in [-0.25, -0.2) is 4.98 Å². The van der Waals surface area contributed by atoms with E-state index in [1.54, 1.807) is 0 Å². The van der Waals surface area contributed by atoms with E-state index in [0.717, 1.165) is 84.7 Å². The Hall–Kier alpha value is -4.19. The SMILES string of the molecule is C=Cc1c(C)c2cc3nc(c4c5[nH]c(cc6nc(cc1[nH]2)C(C)=C6CC)c(C)c5C(=C)C4)[C@@H](CCC(=O)O)[C@@H]3C. The number of fused-ring (bicyclic) bond motifs is 8. The maximum Gasteiger partial charge on any atom is 0.303 e. The van der Waals surface area contributed by atoms with Gasteiger partial charge < -0.3 is 15.1 Å². The number of hydrogen-bond acceptors (Lipinski definition) is 3. The van der Waals surface area contributed by atoms with Crippen LogP contribution in [-0.2, 0) is 11.2 Å². The minimum atomic E-state index is -0.782. The molecule has 0 saturated heterocycles. The molecule has 0 saturated carbocycles. The first-order valence-corrected chi connectivity index (χ1v) is 14.1. The van der Waals surface area contributed by atoms with Gasteiger partial charge in [-0.05, 0) is 79.7 Å². The number of aryl methyl sites for hydroxylation is 2. The van der Waals surface area contributed by atoms with Crippen LogP contribution in [0.15, 0.2) is 31.4 Å². The second kappa shape index (κ2) is 9.47. The zero-order valence-electron chi connectivity index (χ0n) is 24.0. The van der Waals surface area contributed by atoms with Gasteiger partial charge in [0, 0.05) is 63.6 Å². The number of hydrogen-bond donors (Lipinski definition) is 3. The lowest BCUT2D eigenvalue weighted by molar-refractivity contribution is -0.137. The summed E-state index contributed by atoms with van der Waals surface area (Å²) in [4.78, 5) is 29.3. The molecule has 2 atom stereocenters. The van der Waals surface area contributed by atoms with E-state index in [9.17, 15) is 9.90 Å². The summed E-state index contributed by atoms with van der Waals surface area (Å²) in [5, 5.41) is 9.53. The first-order valence-electron chi connectivity index (χ1n) is 14.1. The van der Waals surface area contributed by atoms with Crippen LogP contribution in [0.2, 0.25) is 0 Å². The highest BCUT2D eigenvalue weighted by molar-refractivity contribution is 5.96. The van der Waals surface area contributed by atoms with Gasteiger partial charge in [0.2, 0.25) is 0 Å². The molecule has 0 aromatic carbocycles. The van der Waals surface area contributed by atoms with Crippen molar-refractivity contribution >= 4 is 50.8 Å². The van der Waals surface area contributed by atoms with Crippen molar-refractivity contribution in [1.82, 2.24) is 19.9 Å². The molecule has 0 unspecified atom stereocenters. The van der Waals surface area contributed by atoms with Crippen LogP contribution in [-0.4, -0.2) is 31.0 Å². The summed E-state index contributed by atoms with van der Waals surface area (Å²) in [6.45, 7) is 19.3. The van der Waals surface area contributed by atoms with Crippen LogP contribution < -0.4 is 0 Å². The monoisotopic (exact) mass is 532 g/mol. The molecule has 0 radical (unpaired) electrons. The number of nitrogens with one attached hydrogen (secondary N) is 2. The lowest BCUT2D eigenvalue weighted by atomic mass is 9.85. The zero-order valence-corrected chi connectivity index (χ0v) is 24.0. The fourth-order valence-corrected chi connectivity index (χ4v) is 6.85. The molecule has 5 heterocycles. The van der Waals surface area contributed by atoms with E-state index in [4.69, 9.17) is 9.97 Å². The van der Waals surface area contributed by atoms with Crippen LogP contribution in [0.5, 0.6) is 0 Å². The molecule has 0 fully saturated rings. The van der Waals surface area contributed by atoms with Crippen molar-refractivity contribution in [3.63, 3.8) is 0 Å². The van der Waals surface area contributed by atoms with Gasteiger partial charge in [-0.2, -0.15) is 0 Å². The van der Waals surface area contributed by atoms with Crippen molar-refractivity contribution in [1.29, 1.82) is 0 Å². The van der Waals surface area contributed by atoms with Gasteiger partial charge >= 0.3 is 5.97 Å². The molecule has 6 heteroatoms. The Kier molecular flexibility index (Phi) is 6.17. The van der Waals surface area contributed by atoms with Crippen molar-refractivity contribution in [3.8, 4) is 0 Å². The summed E-state index contributed by atoms with van der Waals surface area (Å²) in [5.74, 6) is -0.695. The number of carboxylic acid groups (broad SMARTS) is 1. The number of nitrogens with zero attached hydrogens (tertiary/aromatic N) is 2. The lowest BCUT2D eigenvalue weighted by Gasteiger charge is -2.16. The number of carbonyl (C=O) groups is 1. The van der Waals surface area contributed by atoms with Crippen LogP contribution in [0.3, 0.4) is 0 Å². The van der Waals surface area contributed by atoms with Crippen LogP contribution in [0.4, 0.5) is 0 Å². The van der Waals surface area contributed by atoms with Crippen molar-refractivity contribution in [2.24, 2.45) is 0 Å². The topological polar surface area (TPSA) is 94.7 Å². The number of aromatic nitrogens is 4. The lowest BCUT2D eigenvalue weighted by Crippen LogP contribution is -2.07. The molecule has 1 aliphatic carbocycles. The van der Waals surface area contributed by atoms with Gasteiger partial charge in [0.05, 0.1) is 22.6 Å². The van der Waals surface area contributed by atoms with E-state index in [1.165, 1.54) is 11.1 Å². The molecule has 6 rings (SSSR count). The van der Waals surface area contributed by atoms with Crippen LogP contribution in [0, 0.1) is 13.8 Å². The van der Waals surface area contributed by atoms with Gasteiger partial charge in [0.15, 0.2) is 0 Å². The van der Waals surface area contributed by atoms with Crippen LogP contribution in [0.1, 0.15) is 102 Å². The van der Waals surface area contributed by atoms with Crippen LogP contribution in [0.25, 0.3) is 44.9 Å². The summed E-state index contributed by atoms with van der Waals surface area (Å²) >= 11 is 0. The molecule has 0 spiro atoms. The second-order valence-corrected chi connectivity index (χ2v) is 11.4. The Morgan fingerprint density at radius 3 is 2.50 bits per heavy atom. The third-order valence-electron chi connectivity index (χ3n) is 9.15. The summed E-state index contributed by atoms with van der Waals surface area (Å²) in [6, 6.07) is 6.43. The smallest absolute Gasteiger partial charge is 0.303 e. The number of H-pyrrole nitrogens is 2. The Morgan fingerprint density at radius 2 is 1.80 bits per heavy atom. The molecular weight excluding hydrogens is 496 g/mol. The normalized spacial score (nSPS) is 18.1. The predicted molar refractivity (Wildman–Crippen MR) is 164 cm³/mol.